The van der Waals surface area contributed by atoms with Gasteiger partial charge < -0.3 is 19.3 Å². The quantitative estimate of drug-likeness (QED) is 0.313. The molecule has 0 aliphatic carbocycles. The van der Waals surface area contributed by atoms with Crippen LogP contribution in [0.15, 0.2) is 60.9 Å². The fourth-order valence-electron chi connectivity index (χ4n) is 4.44. The first-order chi connectivity index (χ1) is 19.4. The molecule has 1 saturated heterocycles. The lowest BCUT2D eigenvalue weighted by Gasteiger charge is -2.35. The van der Waals surface area contributed by atoms with E-state index in [9.17, 15) is 13.6 Å². The van der Waals surface area contributed by atoms with Gasteiger partial charge >= 0.3 is 0 Å². The smallest absolute Gasteiger partial charge is 0.244 e. The highest BCUT2D eigenvalue weighted by Crippen LogP contribution is 2.24. The van der Waals surface area contributed by atoms with E-state index >= 15 is 0 Å². The van der Waals surface area contributed by atoms with Crippen molar-refractivity contribution in [2.24, 2.45) is 0 Å². The number of rotatable bonds is 9. The van der Waals surface area contributed by atoms with Crippen molar-refractivity contribution in [3.63, 3.8) is 0 Å². The Labute approximate surface area is 230 Å². The summed E-state index contributed by atoms with van der Waals surface area (Å²) in [5.74, 6) is 1.07. The second-order valence-corrected chi connectivity index (χ2v) is 9.40. The summed E-state index contributed by atoms with van der Waals surface area (Å²) in [6.07, 6.45) is 1.31. The Bertz CT molecular complexity index is 1440. The van der Waals surface area contributed by atoms with Gasteiger partial charge in [0.05, 0.1) is 6.61 Å². The van der Waals surface area contributed by atoms with Gasteiger partial charge in [-0.05, 0) is 55.5 Å². The average molecular weight is 550 g/mol. The van der Waals surface area contributed by atoms with Crippen LogP contribution in [0.5, 0.6) is 5.88 Å². The summed E-state index contributed by atoms with van der Waals surface area (Å²) in [6.45, 7) is 4.44. The van der Waals surface area contributed by atoms with Crippen LogP contribution < -0.4 is 9.64 Å². The number of benzene rings is 2. The zero-order chi connectivity index (χ0) is 28.1. The first-order valence-electron chi connectivity index (χ1n) is 12.9. The summed E-state index contributed by atoms with van der Waals surface area (Å²) in [5, 5.41) is 4.54. The lowest BCUT2D eigenvalue weighted by Crippen LogP contribution is -2.50. The Morgan fingerprint density at radius 2 is 1.60 bits per heavy atom. The van der Waals surface area contributed by atoms with Crippen LogP contribution in [0, 0.1) is 11.6 Å². The van der Waals surface area contributed by atoms with Gasteiger partial charge in [-0.2, -0.15) is 0 Å². The van der Waals surface area contributed by atoms with Gasteiger partial charge in [-0.1, -0.05) is 0 Å². The van der Waals surface area contributed by atoms with Crippen LogP contribution in [-0.2, 0) is 16.1 Å². The average Bonchev–Trinajstić information content (AvgIpc) is 3.37. The van der Waals surface area contributed by atoms with E-state index in [2.05, 4.69) is 25.0 Å². The van der Waals surface area contributed by atoms with Crippen LogP contribution in [0.25, 0.3) is 22.8 Å². The van der Waals surface area contributed by atoms with Gasteiger partial charge in [0.25, 0.3) is 0 Å². The van der Waals surface area contributed by atoms with Crippen molar-refractivity contribution in [1.29, 1.82) is 0 Å². The largest absolute Gasteiger partial charge is 0.472 e. The Balaban J connectivity index is 1.28. The Hall–Kier alpha value is -4.45. The molecule has 1 amide bonds. The highest BCUT2D eigenvalue weighted by molar-refractivity contribution is 5.77. The number of carbonyl (C=O) groups excluding carboxylic acids is 1. The molecule has 0 bridgehead atoms. The number of carbonyl (C=O) groups is 1. The molecule has 10 nitrogen and oxygen atoms in total. The third kappa shape index (κ3) is 6.40. The molecule has 4 aromatic rings. The maximum Gasteiger partial charge on any atom is 0.244 e. The summed E-state index contributed by atoms with van der Waals surface area (Å²) >= 11 is 0. The van der Waals surface area contributed by atoms with E-state index in [4.69, 9.17) is 9.47 Å². The van der Waals surface area contributed by atoms with Gasteiger partial charge in [-0.25, -0.2) is 28.4 Å². The van der Waals surface area contributed by atoms with Crippen molar-refractivity contribution < 1.29 is 23.0 Å². The van der Waals surface area contributed by atoms with Gasteiger partial charge in [0.1, 0.15) is 36.4 Å². The van der Waals surface area contributed by atoms with Crippen LogP contribution in [0.2, 0.25) is 0 Å². The van der Waals surface area contributed by atoms with Crippen LogP contribution in [0.3, 0.4) is 0 Å². The lowest BCUT2D eigenvalue weighted by atomic mass is 10.2. The third-order valence-corrected chi connectivity index (χ3v) is 6.47. The highest BCUT2D eigenvalue weighted by Gasteiger charge is 2.24. The molecular weight excluding hydrogens is 520 g/mol. The molecule has 40 heavy (non-hydrogen) atoms. The first kappa shape index (κ1) is 27.1. The normalized spacial score (nSPS) is 14.3. The molecule has 0 spiro atoms. The molecule has 12 heteroatoms. The summed E-state index contributed by atoms with van der Waals surface area (Å²) in [7, 11) is 1.61. The van der Waals surface area contributed by atoms with E-state index in [1.807, 2.05) is 6.92 Å². The maximum atomic E-state index is 13.6. The van der Waals surface area contributed by atoms with Gasteiger partial charge in [0.2, 0.25) is 11.8 Å². The van der Waals surface area contributed by atoms with E-state index in [1.165, 1.54) is 35.3 Å². The molecule has 3 heterocycles. The third-order valence-electron chi connectivity index (χ3n) is 6.47. The number of nitrogens with zero attached hydrogens (tertiary/aromatic N) is 7. The zero-order valence-corrected chi connectivity index (χ0v) is 22.2. The van der Waals surface area contributed by atoms with Crippen LogP contribution >= 0.6 is 0 Å². The van der Waals surface area contributed by atoms with E-state index in [0.29, 0.717) is 61.4 Å². The molecule has 2 aromatic heterocycles. The molecule has 0 unspecified atom stereocenters. The molecular formula is C28H29F2N7O3. The molecule has 208 valence electrons. The molecule has 2 aromatic carbocycles. The molecule has 1 atom stereocenters. The monoisotopic (exact) mass is 549 g/mol. The summed E-state index contributed by atoms with van der Waals surface area (Å²) in [5.41, 5.74) is 1.22. The number of methoxy groups -OCH3 is 1. The van der Waals surface area contributed by atoms with Crippen molar-refractivity contribution in [2.75, 3.05) is 44.8 Å². The lowest BCUT2D eigenvalue weighted by molar-refractivity contribution is -0.132. The molecule has 0 saturated carbocycles. The zero-order valence-electron chi connectivity index (χ0n) is 22.2. The summed E-state index contributed by atoms with van der Waals surface area (Å²) < 4.78 is 39.4. The van der Waals surface area contributed by atoms with Crippen molar-refractivity contribution in [3.05, 3.63) is 72.6 Å². The number of aromatic nitrogens is 5. The van der Waals surface area contributed by atoms with Crippen molar-refractivity contribution in [2.45, 2.75) is 19.6 Å². The molecule has 1 aliphatic heterocycles. The number of amides is 1. The maximum absolute atomic E-state index is 13.6. The molecule has 0 radical (unpaired) electrons. The fraction of sp³-hybridized carbons (Fsp3) is 0.321. The molecule has 5 rings (SSSR count). The number of anilines is 1. The van der Waals surface area contributed by atoms with E-state index < -0.39 is 0 Å². The van der Waals surface area contributed by atoms with Gasteiger partial charge in [0.15, 0.2) is 11.6 Å². The SMILES string of the molecule is COC[C@@H](C)Oc1cc(N2CCN(C(=O)Cn3nc(-c4ccc(F)cc4)nc3-c3ccc(F)cc3)CC2)ncn1. The molecule has 0 N–H and O–H groups in total. The summed E-state index contributed by atoms with van der Waals surface area (Å²) in [4.78, 5) is 30.3. The van der Waals surface area contributed by atoms with Crippen LogP contribution in [-0.4, -0.2) is 81.5 Å². The minimum Gasteiger partial charge on any atom is -0.472 e. The van der Waals surface area contributed by atoms with E-state index in [-0.39, 0.29) is 30.2 Å². The molecule has 1 fully saturated rings. The topological polar surface area (TPSA) is 98.5 Å². The minimum absolute atomic E-state index is 0.0518. The van der Waals surface area contributed by atoms with Crippen LogP contribution in [0.4, 0.5) is 14.6 Å². The number of hydrogen-bond donors (Lipinski definition) is 0. The van der Waals surface area contributed by atoms with Crippen molar-refractivity contribution in [1.82, 2.24) is 29.6 Å². The van der Waals surface area contributed by atoms with E-state index in [1.54, 1.807) is 42.3 Å². The first-order valence-corrected chi connectivity index (χ1v) is 12.9. The number of hydrogen-bond acceptors (Lipinski definition) is 8. The fourth-order valence-corrected chi connectivity index (χ4v) is 4.44. The van der Waals surface area contributed by atoms with Gasteiger partial charge in [0, 0.05) is 50.5 Å². The van der Waals surface area contributed by atoms with Crippen molar-refractivity contribution >= 4 is 11.7 Å². The van der Waals surface area contributed by atoms with Crippen LogP contribution in [0.1, 0.15) is 6.92 Å². The number of halogens is 2. The van der Waals surface area contributed by atoms with E-state index in [0.717, 1.165) is 5.82 Å². The Kier molecular flexibility index (Phi) is 8.25. The second kappa shape index (κ2) is 12.2. The predicted molar refractivity (Wildman–Crippen MR) is 144 cm³/mol. The highest BCUT2D eigenvalue weighted by atomic mass is 19.1. The van der Waals surface area contributed by atoms with Gasteiger partial charge in [-0.15, -0.1) is 5.10 Å². The summed E-state index contributed by atoms with van der Waals surface area (Å²) in [6, 6.07) is 13.4. The Morgan fingerprint density at radius 1 is 0.950 bits per heavy atom. The Morgan fingerprint density at radius 3 is 2.25 bits per heavy atom. The molecule has 1 aliphatic rings. The predicted octanol–water partition coefficient (Wildman–Crippen LogP) is 3.44. The minimum atomic E-state index is -0.380. The standard InChI is InChI=1S/C28H29F2N7O3/c1-19(17-39-2)40-25-15-24(31-18-32-25)35-11-13-36(14-12-35)26(38)16-37-28(21-5-9-23(30)10-6-21)33-27(34-37)20-3-7-22(29)8-4-20/h3-10,15,18-19H,11-14,16-17H2,1-2H3/t19-/m1/s1. The van der Waals surface area contributed by atoms with Gasteiger partial charge in [-0.3, -0.25) is 4.79 Å². The number of piperazine rings is 1. The number of ether oxygens (including phenoxy) is 2. The second-order valence-electron chi connectivity index (χ2n) is 9.40. The van der Waals surface area contributed by atoms with Crippen molar-refractivity contribution in [3.8, 4) is 28.7 Å².